The van der Waals surface area contributed by atoms with Gasteiger partial charge in [0, 0.05) is 12.1 Å². The summed E-state index contributed by atoms with van der Waals surface area (Å²) < 4.78 is 18.8. The van der Waals surface area contributed by atoms with E-state index < -0.39 is 0 Å². The van der Waals surface area contributed by atoms with Gasteiger partial charge < -0.3 is 15.7 Å². The van der Waals surface area contributed by atoms with E-state index >= 15 is 0 Å². The van der Waals surface area contributed by atoms with E-state index in [1.165, 1.54) is 7.11 Å². The topological polar surface area (TPSA) is 71.1 Å². The fourth-order valence-electron chi connectivity index (χ4n) is 1.62. The van der Waals surface area contributed by atoms with Gasteiger partial charge in [-0.1, -0.05) is 24.2 Å². The van der Waals surface area contributed by atoms with E-state index in [2.05, 4.69) is 5.16 Å². The first-order valence-electron chi connectivity index (χ1n) is 5.62. The Kier molecular flexibility index (Phi) is 5.38. The van der Waals surface area contributed by atoms with Crippen LogP contribution in [-0.2, 0) is 6.54 Å². The molecule has 1 aromatic rings. The van der Waals surface area contributed by atoms with Gasteiger partial charge in [0.1, 0.15) is 0 Å². The number of methoxy groups -OCH3 is 1. The number of amidine groups is 1. The van der Waals surface area contributed by atoms with Crippen LogP contribution in [0.15, 0.2) is 23.4 Å². The first-order valence-corrected chi connectivity index (χ1v) is 5.62. The minimum atomic E-state index is -0.377. The predicted molar refractivity (Wildman–Crippen MR) is 67.3 cm³/mol. The SMILES string of the molecule is CCN(C/C(N)=N/O)Cc1cccc(OC)c1F. The second kappa shape index (κ2) is 6.80. The highest BCUT2D eigenvalue weighted by Gasteiger charge is 2.12. The fraction of sp³-hybridized carbons (Fsp3) is 0.417. The van der Waals surface area contributed by atoms with Crippen LogP contribution >= 0.6 is 0 Å². The lowest BCUT2D eigenvalue weighted by Crippen LogP contribution is -2.33. The monoisotopic (exact) mass is 255 g/mol. The van der Waals surface area contributed by atoms with Gasteiger partial charge in [0.15, 0.2) is 17.4 Å². The van der Waals surface area contributed by atoms with Crippen molar-refractivity contribution in [2.24, 2.45) is 10.9 Å². The van der Waals surface area contributed by atoms with E-state index in [1.807, 2.05) is 11.8 Å². The molecule has 1 rings (SSSR count). The van der Waals surface area contributed by atoms with Crippen LogP contribution in [0.4, 0.5) is 4.39 Å². The largest absolute Gasteiger partial charge is 0.494 e. The second-order valence-corrected chi connectivity index (χ2v) is 3.83. The summed E-state index contributed by atoms with van der Waals surface area (Å²) in [5.74, 6) is -0.0644. The Labute approximate surface area is 106 Å². The van der Waals surface area contributed by atoms with Gasteiger partial charge in [0.25, 0.3) is 0 Å². The molecule has 18 heavy (non-hydrogen) atoms. The van der Waals surface area contributed by atoms with Crippen molar-refractivity contribution >= 4 is 5.84 Å². The molecular formula is C12H18FN3O2. The van der Waals surface area contributed by atoms with Gasteiger partial charge in [0.05, 0.1) is 13.7 Å². The highest BCUT2D eigenvalue weighted by atomic mass is 19.1. The summed E-state index contributed by atoms with van der Waals surface area (Å²) in [4.78, 5) is 1.85. The van der Waals surface area contributed by atoms with E-state index in [1.54, 1.807) is 18.2 Å². The van der Waals surface area contributed by atoms with Gasteiger partial charge in [-0.3, -0.25) is 4.90 Å². The zero-order valence-corrected chi connectivity index (χ0v) is 10.6. The van der Waals surface area contributed by atoms with Gasteiger partial charge in [-0.2, -0.15) is 0 Å². The number of hydrogen-bond acceptors (Lipinski definition) is 4. The van der Waals surface area contributed by atoms with Crippen LogP contribution in [-0.4, -0.2) is 36.1 Å². The molecule has 0 saturated heterocycles. The fourth-order valence-corrected chi connectivity index (χ4v) is 1.62. The Bertz CT molecular complexity index is 424. The van der Waals surface area contributed by atoms with Crippen molar-refractivity contribution in [1.29, 1.82) is 0 Å². The minimum absolute atomic E-state index is 0.0974. The van der Waals surface area contributed by atoms with E-state index in [9.17, 15) is 4.39 Å². The molecule has 0 aliphatic heterocycles. The molecule has 0 spiro atoms. The molecule has 0 unspecified atom stereocenters. The molecule has 0 fully saturated rings. The van der Waals surface area contributed by atoms with Crippen LogP contribution < -0.4 is 10.5 Å². The van der Waals surface area contributed by atoms with Crippen molar-refractivity contribution in [1.82, 2.24) is 4.90 Å². The molecule has 0 aromatic heterocycles. The molecule has 3 N–H and O–H groups in total. The maximum Gasteiger partial charge on any atom is 0.169 e. The second-order valence-electron chi connectivity index (χ2n) is 3.83. The third-order valence-electron chi connectivity index (χ3n) is 2.62. The standard InChI is InChI=1S/C12H18FN3O2/c1-3-16(8-11(14)15-17)7-9-5-4-6-10(18-2)12(9)13/h4-6,17H,3,7-8H2,1-2H3,(H2,14,15). The molecule has 6 heteroatoms. The third kappa shape index (κ3) is 3.59. The molecule has 5 nitrogen and oxygen atoms in total. The Morgan fingerprint density at radius 1 is 1.56 bits per heavy atom. The van der Waals surface area contributed by atoms with Crippen LogP contribution in [0.2, 0.25) is 0 Å². The first-order chi connectivity index (χ1) is 8.62. The molecule has 100 valence electrons. The average Bonchev–Trinajstić information content (AvgIpc) is 2.39. The first kappa shape index (κ1) is 14.2. The highest BCUT2D eigenvalue weighted by molar-refractivity contribution is 5.81. The molecule has 0 aliphatic carbocycles. The quantitative estimate of drug-likeness (QED) is 0.349. The van der Waals surface area contributed by atoms with Crippen molar-refractivity contribution < 1.29 is 14.3 Å². The zero-order valence-electron chi connectivity index (χ0n) is 10.6. The van der Waals surface area contributed by atoms with Crippen LogP contribution in [0.3, 0.4) is 0 Å². The Morgan fingerprint density at radius 3 is 2.83 bits per heavy atom. The van der Waals surface area contributed by atoms with Crippen molar-refractivity contribution in [2.75, 3.05) is 20.2 Å². The van der Waals surface area contributed by atoms with E-state index in [4.69, 9.17) is 15.7 Å². The number of hydrogen-bond donors (Lipinski definition) is 2. The lowest BCUT2D eigenvalue weighted by molar-refractivity contribution is 0.290. The Hall–Kier alpha value is -1.82. The molecular weight excluding hydrogens is 237 g/mol. The maximum absolute atomic E-state index is 13.9. The maximum atomic E-state index is 13.9. The van der Waals surface area contributed by atoms with Crippen molar-refractivity contribution in [3.05, 3.63) is 29.6 Å². The van der Waals surface area contributed by atoms with Crippen LogP contribution in [0.25, 0.3) is 0 Å². The van der Waals surface area contributed by atoms with Crippen molar-refractivity contribution in [3.63, 3.8) is 0 Å². The summed E-state index contributed by atoms with van der Waals surface area (Å²) >= 11 is 0. The zero-order chi connectivity index (χ0) is 13.5. The molecule has 1 aromatic carbocycles. The molecule has 0 aliphatic rings. The number of rotatable bonds is 6. The summed E-state index contributed by atoms with van der Waals surface area (Å²) in [6.45, 7) is 3.23. The number of nitrogens with zero attached hydrogens (tertiary/aromatic N) is 2. The lowest BCUT2D eigenvalue weighted by Gasteiger charge is -2.20. The predicted octanol–water partition coefficient (Wildman–Crippen LogP) is 1.40. The van der Waals surface area contributed by atoms with Crippen LogP contribution in [0, 0.1) is 5.82 Å². The number of oxime groups is 1. The number of ether oxygens (including phenoxy) is 1. The molecule has 0 amide bonds. The molecule has 0 bridgehead atoms. The summed E-state index contributed by atoms with van der Waals surface area (Å²) in [7, 11) is 1.43. The number of halogens is 1. The molecule has 0 atom stereocenters. The Morgan fingerprint density at radius 2 is 2.28 bits per heavy atom. The lowest BCUT2D eigenvalue weighted by atomic mass is 10.2. The van der Waals surface area contributed by atoms with Gasteiger partial charge in [-0.25, -0.2) is 4.39 Å². The summed E-state index contributed by atoms with van der Waals surface area (Å²) in [6, 6.07) is 4.99. The van der Waals surface area contributed by atoms with Gasteiger partial charge >= 0.3 is 0 Å². The normalized spacial score (nSPS) is 11.9. The number of benzene rings is 1. The summed E-state index contributed by atoms with van der Waals surface area (Å²) in [5.41, 5.74) is 5.95. The average molecular weight is 255 g/mol. The van der Waals surface area contributed by atoms with E-state index in [0.717, 1.165) is 0 Å². The van der Waals surface area contributed by atoms with Gasteiger partial charge in [-0.15, -0.1) is 0 Å². The smallest absolute Gasteiger partial charge is 0.169 e. The van der Waals surface area contributed by atoms with Crippen LogP contribution in [0.5, 0.6) is 5.75 Å². The van der Waals surface area contributed by atoms with E-state index in [0.29, 0.717) is 18.7 Å². The molecule has 0 heterocycles. The molecule has 0 saturated carbocycles. The Balaban J connectivity index is 2.82. The van der Waals surface area contributed by atoms with Gasteiger partial charge in [0.2, 0.25) is 0 Å². The minimum Gasteiger partial charge on any atom is -0.494 e. The van der Waals surface area contributed by atoms with E-state index in [-0.39, 0.29) is 23.9 Å². The highest BCUT2D eigenvalue weighted by Crippen LogP contribution is 2.21. The number of likely N-dealkylation sites (N-methyl/N-ethyl adjacent to an activating group) is 1. The third-order valence-corrected chi connectivity index (χ3v) is 2.62. The molecule has 0 radical (unpaired) electrons. The van der Waals surface area contributed by atoms with Gasteiger partial charge in [-0.05, 0) is 12.6 Å². The van der Waals surface area contributed by atoms with Crippen molar-refractivity contribution in [3.8, 4) is 5.75 Å². The number of nitrogens with two attached hydrogens (primary N) is 1. The summed E-state index contributed by atoms with van der Waals surface area (Å²) in [5, 5.41) is 11.4. The van der Waals surface area contributed by atoms with Crippen LogP contribution in [0.1, 0.15) is 12.5 Å². The van der Waals surface area contributed by atoms with Crippen molar-refractivity contribution in [2.45, 2.75) is 13.5 Å². The summed E-state index contributed by atoms with van der Waals surface area (Å²) in [6.07, 6.45) is 0.